The Balaban J connectivity index is 1.88. The molecule has 0 aliphatic rings. The normalized spacial score (nSPS) is 11.4. The van der Waals surface area contributed by atoms with Crippen molar-refractivity contribution >= 4 is 48.3 Å². The monoisotopic (exact) mass is 392 g/mol. The number of anilines is 1. The van der Waals surface area contributed by atoms with Gasteiger partial charge in [0.05, 0.1) is 20.0 Å². The van der Waals surface area contributed by atoms with Crippen molar-refractivity contribution in [2.75, 3.05) is 12.4 Å². The third kappa shape index (κ3) is 3.54. The van der Waals surface area contributed by atoms with E-state index < -0.39 is 20.9 Å². The number of sulfonamides is 1. The zero-order valence-corrected chi connectivity index (χ0v) is 14.9. The van der Waals surface area contributed by atoms with Crippen molar-refractivity contribution < 1.29 is 18.1 Å². The van der Waals surface area contributed by atoms with Crippen molar-refractivity contribution in [2.45, 2.75) is 4.90 Å². The number of fused-ring (bicyclic) bond motifs is 1. The summed E-state index contributed by atoms with van der Waals surface area (Å²) in [4.78, 5) is 26.8. The summed E-state index contributed by atoms with van der Waals surface area (Å²) in [6.07, 6.45) is 0. The third-order valence-corrected chi connectivity index (χ3v) is 5.82. The van der Waals surface area contributed by atoms with Crippen LogP contribution in [0.25, 0.3) is 10.2 Å². The molecule has 0 aliphatic carbocycles. The van der Waals surface area contributed by atoms with Gasteiger partial charge in [-0.25, -0.2) is 18.1 Å². The highest BCUT2D eigenvalue weighted by Crippen LogP contribution is 2.28. The number of non-ortho nitro benzene ring substituents is 1. The Bertz CT molecular complexity index is 1120. The number of nitrogens with one attached hydrogen (secondary N) is 2. The molecule has 26 heavy (non-hydrogen) atoms. The second kappa shape index (κ2) is 6.78. The van der Waals surface area contributed by atoms with E-state index in [-0.39, 0.29) is 21.3 Å². The zero-order chi connectivity index (χ0) is 18.9. The Hall–Kier alpha value is -2.89. The standard InChI is InChI=1S/C15H12N4O5S2/c1-16-26(23,24)11-5-6-12-13(8-11)25-15(17-12)18-14(20)9-3-2-4-10(7-9)19(21)22/h2-8,16H,1H3,(H,17,18,20). The Morgan fingerprint density at radius 1 is 1.23 bits per heavy atom. The lowest BCUT2D eigenvalue weighted by Gasteiger charge is -2.01. The average Bonchev–Trinajstić information content (AvgIpc) is 3.03. The largest absolute Gasteiger partial charge is 0.298 e. The van der Waals surface area contributed by atoms with E-state index in [2.05, 4.69) is 15.0 Å². The van der Waals surface area contributed by atoms with E-state index in [1.807, 2.05) is 0 Å². The first-order valence-corrected chi connectivity index (χ1v) is 9.50. The van der Waals surface area contributed by atoms with Gasteiger partial charge in [-0.2, -0.15) is 0 Å². The van der Waals surface area contributed by atoms with Crippen molar-refractivity contribution in [3.63, 3.8) is 0 Å². The first kappa shape index (κ1) is 17.9. The highest BCUT2D eigenvalue weighted by atomic mass is 32.2. The van der Waals surface area contributed by atoms with Crippen LogP contribution in [0.2, 0.25) is 0 Å². The molecule has 1 amide bonds. The summed E-state index contributed by atoms with van der Waals surface area (Å²) >= 11 is 1.10. The number of nitro groups is 1. The van der Waals surface area contributed by atoms with Crippen LogP contribution in [0, 0.1) is 10.1 Å². The van der Waals surface area contributed by atoms with Gasteiger partial charge >= 0.3 is 0 Å². The highest BCUT2D eigenvalue weighted by molar-refractivity contribution is 7.89. The minimum atomic E-state index is -3.58. The second-order valence-electron chi connectivity index (χ2n) is 5.12. The van der Waals surface area contributed by atoms with Crippen LogP contribution in [-0.4, -0.2) is 31.3 Å². The molecular weight excluding hydrogens is 380 g/mol. The van der Waals surface area contributed by atoms with Gasteiger partial charge in [0, 0.05) is 17.7 Å². The number of rotatable bonds is 5. The summed E-state index contributed by atoms with van der Waals surface area (Å²) in [5.41, 5.74) is 0.458. The summed E-state index contributed by atoms with van der Waals surface area (Å²) in [5, 5.41) is 13.6. The molecule has 2 N–H and O–H groups in total. The van der Waals surface area contributed by atoms with E-state index in [1.165, 1.54) is 43.4 Å². The summed E-state index contributed by atoms with van der Waals surface area (Å²) in [6.45, 7) is 0. The minimum Gasteiger partial charge on any atom is -0.298 e. The molecule has 1 heterocycles. The van der Waals surface area contributed by atoms with Crippen molar-refractivity contribution in [3.8, 4) is 0 Å². The number of nitro benzene ring substituents is 1. The van der Waals surface area contributed by atoms with Gasteiger partial charge < -0.3 is 0 Å². The third-order valence-electron chi connectivity index (χ3n) is 3.48. The molecule has 0 aliphatic heterocycles. The molecule has 3 rings (SSSR count). The maximum absolute atomic E-state index is 12.3. The van der Waals surface area contributed by atoms with Crippen molar-refractivity contribution in [2.24, 2.45) is 0 Å². The number of nitrogens with zero attached hydrogens (tertiary/aromatic N) is 2. The fourth-order valence-electron chi connectivity index (χ4n) is 2.17. The van der Waals surface area contributed by atoms with Crippen molar-refractivity contribution in [3.05, 3.63) is 58.1 Å². The van der Waals surface area contributed by atoms with Crippen LogP contribution in [-0.2, 0) is 10.0 Å². The minimum absolute atomic E-state index is 0.0905. The molecule has 1 aromatic heterocycles. The molecule has 0 fully saturated rings. The second-order valence-corrected chi connectivity index (χ2v) is 8.03. The van der Waals surface area contributed by atoms with Crippen LogP contribution in [0.15, 0.2) is 47.4 Å². The molecule has 0 radical (unpaired) electrons. The van der Waals surface area contributed by atoms with Gasteiger partial charge in [0.1, 0.15) is 0 Å². The smallest absolute Gasteiger partial charge is 0.270 e. The highest BCUT2D eigenvalue weighted by Gasteiger charge is 2.16. The van der Waals surface area contributed by atoms with Gasteiger partial charge in [0.15, 0.2) is 5.13 Å². The maximum Gasteiger partial charge on any atom is 0.270 e. The number of hydrogen-bond acceptors (Lipinski definition) is 7. The Morgan fingerprint density at radius 2 is 2.00 bits per heavy atom. The molecule has 0 saturated heterocycles. The van der Waals surface area contributed by atoms with Gasteiger partial charge in [0.25, 0.3) is 11.6 Å². The lowest BCUT2D eigenvalue weighted by molar-refractivity contribution is -0.384. The molecular formula is C15H12N4O5S2. The number of carbonyl (C=O) groups excluding carboxylic acids is 1. The van der Waals surface area contributed by atoms with Crippen LogP contribution in [0.1, 0.15) is 10.4 Å². The van der Waals surface area contributed by atoms with Crippen LogP contribution < -0.4 is 10.0 Å². The van der Waals surface area contributed by atoms with Gasteiger partial charge in [-0.15, -0.1) is 0 Å². The molecule has 3 aromatic rings. The quantitative estimate of drug-likeness (QED) is 0.506. The van der Waals surface area contributed by atoms with Gasteiger partial charge in [-0.1, -0.05) is 17.4 Å². The van der Waals surface area contributed by atoms with Crippen LogP contribution in [0.5, 0.6) is 0 Å². The molecule has 0 atom stereocenters. The SMILES string of the molecule is CNS(=O)(=O)c1ccc2nc(NC(=O)c3cccc([N+](=O)[O-])c3)sc2c1. The number of benzene rings is 2. The fraction of sp³-hybridized carbons (Fsp3) is 0.0667. The predicted molar refractivity (Wildman–Crippen MR) is 96.9 cm³/mol. The summed E-state index contributed by atoms with van der Waals surface area (Å²) in [7, 11) is -2.27. The summed E-state index contributed by atoms with van der Waals surface area (Å²) < 4.78 is 26.5. The first-order valence-electron chi connectivity index (χ1n) is 7.20. The van der Waals surface area contributed by atoms with Gasteiger partial charge in [-0.05, 0) is 31.3 Å². The molecule has 9 nitrogen and oxygen atoms in total. The van der Waals surface area contributed by atoms with Crippen molar-refractivity contribution in [1.29, 1.82) is 0 Å². The number of aromatic nitrogens is 1. The average molecular weight is 392 g/mol. The molecule has 0 unspecified atom stereocenters. The molecule has 0 spiro atoms. The Labute approximate surface area is 151 Å². The fourth-order valence-corrected chi connectivity index (χ4v) is 3.90. The first-order chi connectivity index (χ1) is 12.3. The van der Waals surface area contributed by atoms with Gasteiger partial charge in [0.2, 0.25) is 10.0 Å². The van der Waals surface area contributed by atoms with E-state index in [0.29, 0.717) is 10.2 Å². The lowest BCUT2D eigenvalue weighted by atomic mass is 10.2. The van der Waals surface area contributed by atoms with Crippen LogP contribution in [0.3, 0.4) is 0 Å². The topological polar surface area (TPSA) is 131 Å². The maximum atomic E-state index is 12.3. The predicted octanol–water partition coefficient (Wildman–Crippen LogP) is 2.36. The number of amides is 1. The van der Waals surface area contributed by atoms with E-state index in [1.54, 1.807) is 6.07 Å². The van der Waals surface area contributed by atoms with E-state index in [4.69, 9.17) is 0 Å². The summed E-state index contributed by atoms with van der Waals surface area (Å²) in [6, 6.07) is 9.74. The lowest BCUT2D eigenvalue weighted by Crippen LogP contribution is -2.18. The number of carbonyl (C=O) groups is 1. The molecule has 2 aromatic carbocycles. The number of hydrogen-bond donors (Lipinski definition) is 2. The summed E-state index contributed by atoms with van der Waals surface area (Å²) in [5.74, 6) is -0.546. The molecule has 11 heteroatoms. The van der Waals surface area contributed by atoms with E-state index in [9.17, 15) is 23.3 Å². The molecule has 0 saturated carbocycles. The molecule has 134 valence electrons. The zero-order valence-electron chi connectivity index (χ0n) is 13.3. The Kier molecular flexibility index (Phi) is 4.68. The van der Waals surface area contributed by atoms with E-state index >= 15 is 0 Å². The Morgan fingerprint density at radius 3 is 2.69 bits per heavy atom. The number of thiazole rings is 1. The van der Waals surface area contributed by atoms with E-state index in [0.717, 1.165) is 11.3 Å². The van der Waals surface area contributed by atoms with Gasteiger partial charge in [-0.3, -0.25) is 20.2 Å². The van der Waals surface area contributed by atoms with Crippen molar-refractivity contribution in [1.82, 2.24) is 9.71 Å². The molecule has 0 bridgehead atoms. The van der Waals surface area contributed by atoms with Crippen LogP contribution in [0.4, 0.5) is 10.8 Å². The van der Waals surface area contributed by atoms with Crippen LogP contribution >= 0.6 is 11.3 Å².